The summed E-state index contributed by atoms with van der Waals surface area (Å²) in [6, 6.07) is 4.01. The van der Waals surface area contributed by atoms with E-state index in [1.807, 2.05) is 36.7 Å². The largest absolute Gasteiger partial charge is 0.273 e. The van der Waals surface area contributed by atoms with Crippen LogP contribution in [0.3, 0.4) is 0 Å². The van der Waals surface area contributed by atoms with Crippen LogP contribution in [-0.4, -0.2) is 24.2 Å². The molecule has 8 heteroatoms. The molecule has 0 fully saturated rings. The van der Waals surface area contributed by atoms with Gasteiger partial charge in [0, 0.05) is 22.6 Å². The van der Waals surface area contributed by atoms with Crippen molar-refractivity contribution in [1.29, 1.82) is 0 Å². The molecule has 0 bridgehead atoms. The molecule has 2 aromatic heterocycles. The van der Waals surface area contributed by atoms with E-state index in [2.05, 4.69) is 21.1 Å². The maximum Gasteiger partial charge on any atom is 0.240 e. The summed E-state index contributed by atoms with van der Waals surface area (Å²) < 4.78 is 0. The van der Waals surface area contributed by atoms with E-state index in [1.165, 1.54) is 0 Å². The van der Waals surface area contributed by atoms with Crippen LogP contribution in [0.1, 0.15) is 46.6 Å². The van der Waals surface area contributed by atoms with Gasteiger partial charge in [0.25, 0.3) is 0 Å². The van der Waals surface area contributed by atoms with Crippen LogP contribution in [0.25, 0.3) is 0 Å². The van der Waals surface area contributed by atoms with Gasteiger partial charge in [0.15, 0.2) is 0 Å². The molecule has 0 saturated heterocycles. The lowest BCUT2D eigenvalue weighted by Gasteiger charge is -2.01. The molecule has 0 radical (unpaired) electrons. The van der Waals surface area contributed by atoms with Gasteiger partial charge in [-0.05, 0) is 60.7 Å². The summed E-state index contributed by atoms with van der Waals surface area (Å²) in [7, 11) is 0. The minimum absolute atomic E-state index is 0.151. The Kier molecular flexibility index (Phi) is 8.17. The van der Waals surface area contributed by atoms with Gasteiger partial charge >= 0.3 is 0 Å². The Hall–Kier alpha value is -2.32. The van der Waals surface area contributed by atoms with Crippen LogP contribution in [0.5, 0.6) is 0 Å². The van der Waals surface area contributed by atoms with Crippen LogP contribution >= 0.6 is 22.7 Å². The van der Waals surface area contributed by atoms with E-state index >= 15 is 0 Å². The average Bonchev–Trinajstić information content (AvgIpc) is 3.20. The van der Waals surface area contributed by atoms with Gasteiger partial charge in [-0.3, -0.25) is 9.59 Å². The number of thiophene rings is 2. The van der Waals surface area contributed by atoms with Gasteiger partial charge in [-0.25, -0.2) is 10.9 Å². The lowest BCUT2D eigenvalue weighted by Crippen LogP contribution is -2.18. The Bertz CT molecular complexity index is 726. The molecule has 138 valence electrons. The second kappa shape index (κ2) is 10.6. The standard InChI is InChI=1S/C18H22N4O2S2/c1-13-7-9-25-15(13)11-19-21-17(23)5-3-4-6-18(24)22-20-12-16-14(2)8-10-26-16/h7-12H,3-6H2,1-2H3,(H,21,23)(H,22,24). The molecule has 6 nitrogen and oxygen atoms in total. The van der Waals surface area contributed by atoms with Crippen LogP contribution in [0, 0.1) is 13.8 Å². The van der Waals surface area contributed by atoms with Crippen molar-refractivity contribution < 1.29 is 9.59 Å². The molecule has 0 aromatic carbocycles. The molecule has 26 heavy (non-hydrogen) atoms. The van der Waals surface area contributed by atoms with Crippen molar-refractivity contribution in [3.8, 4) is 0 Å². The lowest BCUT2D eigenvalue weighted by molar-refractivity contribution is -0.123. The number of carbonyl (C=O) groups is 2. The van der Waals surface area contributed by atoms with Crippen LogP contribution in [0.15, 0.2) is 33.1 Å². The number of aryl methyl sites for hydroxylation is 2. The van der Waals surface area contributed by atoms with Crippen LogP contribution in [0.2, 0.25) is 0 Å². The number of rotatable bonds is 9. The predicted molar refractivity (Wildman–Crippen MR) is 108 cm³/mol. The highest BCUT2D eigenvalue weighted by Gasteiger charge is 2.03. The summed E-state index contributed by atoms with van der Waals surface area (Å²) in [6.45, 7) is 3.99. The smallest absolute Gasteiger partial charge is 0.240 e. The minimum Gasteiger partial charge on any atom is -0.273 e. The second-order valence-corrected chi connectivity index (χ2v) is 7.62. The Morgan fingerprint density at radius 3 is 1.65 bits per heavy atom. The highest BCUT2D eigenvalue weighted by Crippen LogP contribution is 2.13. The number of hydrogen-bond donors (Lipinski definition) is 2. The summed E-state index contributed by atoms with van der Waals surface area (Å²) in [5.74, 6) is -0.302. The third kappa shape index (κ3) is 6.89. The zero-order valence-electron chi connectivity index (χ0n) is 14.8. The van der Waals surface area contributed by atoms with E-state index in [-0.39, 0.29) is 11.8 Å². The van der Waals surface area contributed by atoms with Crippen molar-refractivity contribution in [3.05, 3.63) is 43.8 Å². The molecule has 0 saturated carbocycles. The Labute approximate surface area is 161 Å². The van der Waals surface area contributed by atoms with E-state index < -0.39 is 0 Å². The molecule has 2 aromatic rings. The first-order valence-electron chi connectivity index (χ1n) is 8.28. The van der Waals surface area contributed by atoms with Gasteiger partial charge in [-0.15, -0.1) is 22.7 Å². The number of hydrogen-bond acceptors (Lipinski definition) is 6. The van der Waals surface area contributed by atoms with Gasteiger partial charge < -0.3 is 0 Å². The minimum atomic E-state index is -0.151. The summed E-state index contributed by atoms with van der Waals surface area (Å²) >= 11 is 3.15. The summed E-state index contributed by atoms with van der Waals surface area (Å²) in [4.78, 5) is 25.4. The van der Waals surface area contributed by atoms with E-state index in [4.69, 9.17) is 0 Å². The highest BCUT2D eigenvalue weighted by atomic mass is 32.1. The molecule has 0 spiro atoms. The Morgan fingerprint density at radius 1 is 0.885 bits per heavy atom. The van der Waals surface area contributed by atoms with E-state index in [9.17, 15) is 9.59 Å². The molecular weight excluding hydrogens is 368 g/mol. The molecule has 0 atom stereocenters. The summed E-state index contributed by atoms with van der Waals surface area (Å²) in [5.41, 5.74) is 7.28. The SMILES string of the molecule is Cc1ccsc1C=NNC(=O)CCCCC(=O)NN=Cc1sccc1C. The van der Waals surface area contributed by atoms with Crippen LogP contribution in [-0.2, 0) is 9.59 Å². The van der Waals surface area contributed by atoms with Crippen molar-refractivity contribution in [2.75, 3.05) is 0 Å². The fourth-order valence-corrected chi connectivity index (χ4v) is 3.61. The van der Waals surface area contributed by atoms with Gasteiger partial charge in [0.2, 0.25) is 11.8 Å². The van der Waals surface area contributed by atoms with Gasteiger partial charge in [-0.1, -0.05) is 0 Å². The fourth-order valence-electron chi connectivity index (χ4n) is 2.04. The van der Waals surface area contributed by atoms with E-state index in [0.29, 0.717) is 25.7 Å². The van der Waals surface area contributed by atoms with Gasteiger partial charge in [-0.2, -0.15) is 10.2 Å². The zero-order valence-corrected chi connectivity index (χ0v) is 16.5. The maximum atomic E-state index is 11.7. The number of carbonyl (C=O) groups excluding carboxylic acids is 2. The molecule has 0 aliphatic carbocycles. The third-order valence-electron chi connectivity index (χ3n) is 3.60. The number of nitrogens with zero attached hydrogens (tertiary/aromatic N) is 2. The quantitative estimate of drug-likeness (QED) is 0.390. The maximum absolute atomic E-state index is 11.7. The number of nitrogens with one attached hydrogen (secondary N) is 2. The second-order valence-electron chi connectivity index (χ2n) is 5.73. The molecule has 0 aliphatic rings. The monoisotopic (exact) mass is 390 g/mol. The Morgan fingerprint density at radius 2 is 1.31 bits per heavy atom. The normalized spacial score (nSPS) is 11.3. The number of unbranched alkanes of at least 4 members (excludes halogenated alkanes) is 1. The van der Waals surface area contributed by atoms with Crippen LogP contribution < -0.4 is 10.9 Å². The lowest BCUT2D eigenvalue weighted by atomic mass is 10.2. The first-order valence-corrected chi connectivity index (χ1v) is 10.0. The third-order valence-corrected chi connectivity index (χ3v) is 5.51. The van der Waals surface area contributed by atoms with Crippen LogP contribution in [0.4, 0.5) is 0 Å². The van der Waals surface area contributed by atoms with Crippen molar-refractivity contribution >= 4 is 46.9 Å². The first-order chi connectivity index (χ1) is 12.6. The molecule has 2 rings (SSSR count). The number of amides is 2. The zero-order chi connectivity index (χ0) is 18.8. The molecule has 0 aliphatic heterocycles. The summed E-state index contributed by atoms with van der Waals surface area (Å²) in [6.07, 6.45) is 5.23. The van der Waals surface area contributed by atoms with Crippen molar-refractivity contribution in [2.45, 2.75) is 39.5 Å². The van der Waals surface area contributed by atoms with Gasteiger partial charge in [0.05, 0.1) is 12.4 Å². The van der Waals surface area contributed by atoms with Gasteiger partial charge in [0.1, 0.15) is 0 Å². The summed E-state index contributed by atoms with van der Waals surface area (Å²) in [5, 5.41) is 11.9. The molecule has 0 unspecified atom stereocenters. The molecule has 2 N–H and O–H groups in total. The fraction of sp³-hybridized carbons (Fsp3) is 0.333. The number of hydrazone groups is 2. The molecular formula is C18H22N4O2S2. The van der Waals surface area contributed by atoms with E-state index in [0.717, 1.165) is 20.9 Å². The van der Waals surface area contributed by atoms with Crippen molar-refractivity contribution in [1.82, 2.24) is 10.9 Å². The molecule has 2 heterocycles. The van der Waals surface area contributed by atoms with Crippen molar-refractivity contribution in [2.24, 2.45) is 10.2 Å². The topological polar surface area (TPSA) is 82.9 Å². The van der Waals surface area contributed by atoms with Crippen molar-refractivity contribution in [3.63, 3.8) is 0 Å². The first kappa shape index (κ1) is 20.0. The average molecular weight is 391 g/mol. The highest BCUT2D eigenvalue weighted by molar-refractivity contribution is 7.12. The Balaban J connectivity index is 1.56. The predicted octanol–water partition coefficient (Wildman–Crippen LogP) is 3.59. The van der Waals surface area contributed by atoms with E-state index in [1.54, 1.807) is 35.1 Å². The molecule has 2 amide bonds.